The van der Waals surface area contributed by atoms with E-state index in [0.717, 1.165) is 15.1 Å². The first-order chi connectivity index (χ1) is 17.0. The second-order valence-corrected chi connectivity index (χ2v) is 11.3. The molecule has 0 aliphatic carbocycles. The van der Waals surface area contributed by atoms with Crippen LogP contribution in [0.15, 0.2) is 127 Å². The van der Waals surface area contributed by atoms with Crippen molar-refractivity contribution >= 4 is 55.2 Å². The fourth-order valence-electron chi connectivity index (χ4n) is 3.07. The Hall–Kier alpha value is -2.53. The number of carbonyl (C=O) groups excluding carboxylic acids is 1. The van der Waals surface area contributed by atoms with Crippen LogP contribution in [0.25, 0.3) is 16.5 Å². The summed E-state index contributed by atoms with van der Waals surface area (Å²) in [6.07, 6.45) is 0. The molecule has 2 nitrogen and oxygen atoms in total. The summed E-state index contributed by atoms with van der Waals surface area (Å²) < 4.78 is 0. The van der Waals surface area contributed by atoms with Gasteiger partial charge in [0.25, 0.3) is 0 Å². The van der Waals surface area contributed by atoms with Crippen molar-refractivity contribution in [3.05, 3.63) is 144 Å². The average Bonchev–Trinajstić information content (AvgIpc) is 3.36. The SMILES string of the molecule is Cc1cccc(C([NH-])=O)c1.[Cl][Ti][Cl].c1ccc([Si]c2ccccc2)cc1.c1ccc2[cH-]ccc2c1. The average molecular weight is 550 g/mol. The zero-order chi connectivity index (χ0) is 25.3. The van der Waals surface area contributed by atoms with Crippen molar-refractivity contribution in [3.63, 3.8) is 0 Å². The Morgan fingerprint density at radius 3 is 1.80 bits per heavy atom. The third kappa shape index (κ3) is 11.6. The summed E-state index contributed by atoms with van der Waals surface area (Å²) in [4.78, 5) is 10.5. The van der Waals surface area contributed by atoms with E-state index in [0.29, 0.717) is 5.56 Å². The summed E-state index contributed by atoms with van der Waals surface area (Å²) in [5.41, 5.74) is 8.25. The third-order valence-corrected chi connectivity index (χ3v) is 5.91. The van der Waals surface area contributed by atoms with Gasteiger partial charge in [0.1, 0.15) is 9.52 Å². The minimum atomic E-state index is -0.622. The van der Waals surface area contributed by atoms with Crippen LogP contribution in [0.2, 0.25) is 0 Å². The van der Waals surface area contributed by atoms with Crippen molar-refractivity contribution in [1.82, 2.24) is 0 Å². The first-order valence-electron chi connectivity index (χ1n) is 10.8. The smallest absolute Gasteiger partial charge is 0.121 e. The molecule has 0 saturated carbocycles. The predicted molar refractivity (Wildman–Crippen MR) is 149 cm³/mol. The zero-order valence-electron chi connectivity index (χ0n) is 19.3. The molecule has 0 aromatic heterocycles. The Morgan fingerprint density at radius 2 is 1.31 bits per heavy atom. The van der Waals surface area contributed by atoms with E-state index in [1.54, 1.807) is 18.2 Å². The maximum absolute atomic E-state index is 10.5. The summed E-state index contributed by atoms with van der Waals surface area (Å²) in [7, 11) is 10.6. The second kappa shape index (κ2) is 17.0. The number of benzene rings is 4. The molecule has 35 heavy (non-hydrogen) atoms. The molecule has 5 aromatic carbocycles. The summed E-state index contributed by atoms with van der Waals surface area (Å²) >= 11 is -0.556. The van der Waals surface area contributed by atoms with Crippen molar-refractivity contribution in [2.45, 2.75) is 6.92 Å². The number of hydrogen-bond donors (Lipinski definition) is 0. The van der Waals surface area contributed by atoms with Crippen molar-refractivity contribution < 1.29 is 21.8 Å². The number of amides is 1. The van der Waals surface area contributed by atoms with Gasteiger partial charge in [-0.3, -0.25) is 0 Å². The van der Waals surface area contributed by atoms with Crippen molar-refractivity contribution in [3.8, 4) is 0 Å². The van der Waals surface area contributed by atoms with E-state index in [9.17, 15) is 4.79 Å². The number of aryl methyl sites for hydroxylation is 1. The monoisotopic (exact) mass is 549 g/mol. The van der Waals surface area contributed by atoms with E-state index < -0.39 is 22.9 Å². The normalized spacial score (nSPS) is 9.34. The molecule has 2 radical (unpaired) electrons. The van der Waals surface area contributed by atoms with Crippen LogP contribution in [-0.2, 0) is 17.0 Å². The molecule has 0 unspecified atom stereocenters. The predicted octanol–water partition coefficient (Wildman–Crippen LogP) is 7.46. The van der Waals surface area contributed by atoms with Crippen LogP contribution in [0.1, 0.15) is 15.9 Å². The molecule has 0 heterocycles. The molecule has 0 fully saturated rings. The molecule has 0 aliphatic heterocycles. The van der Waals surface area contributed by atoms with Crippen LogP contribution < -0.4 is 10.4 Å². The first-order valence-corrected chi connectivity index (χ1v) is 16.1. The van der Waals surface area contributed by atoms with Crippen LogP contribution >= 0.6 is 18.6 Å². The molecule has 5 aromatic rings. The molecular formula is C29H25Cl2NOSiTi-2. The van der Waals surface area contributed by atoms with Gasteiger partial charge in [0.15, 0.2) is 0 Å². The van der Waals surface area contributed by atoms with Gasteiger partial charge in [-0.05, 0) is 12.5 Å². The molecule has 0 saturated heterocycles. The standard InChI is InChI=1S/C12H10Si.C9H7.C8H9NO.2ClH.Ti/c1-3-7-11(8-4-1)13-12-9-5-2-6-10-12;1-2-5-9-7-3-6-8(9)4-1;1-6-3-2-4-7(5-6)8(9)10;;;/h1-10H;1-7H;2-5H,1H3,(H2,9,10);2*1H;/q;-1;;;;+2/p-3. The second-order valence-electron chi connectivity index (χ2n) is 7.28. The van der Waals surface area contributed by atoms with E-state index >= 15 is 0 Å². The van der Waals surface area contributed by atoms with Crippen molar-refractivity contribution in [1.29, 1.82) is 0 Å². The number of rotatable bonds is 3. The maximum Gasteiger partial charge on any atom is 0.121 e. The Morgan fingerprint density at radius 1 is 0.771 bits per heavy atom. The van der Waals surface area contributed by atoms with Gasteiger partial charge in [0.2, 0.25) is 0 Å². The maximum atomic E-state index is 10.5. The topological polar surface area (TPSA) is 40.9 Å². The quantitative estimate of drug-likeness (QED) is 0.170. The summed E-state index contributed by atoms with van der Waals surface area (Å²) in [6, 6.07) is 42.8. The molecule has 176 valence electrons. The molecule has 5 rings (SSSR count). The van der Waals surface area contributed by atoms with E-state index in [2.05, 4.69) is 103 Å². The Kier molecular flexibility index (Phi) is 13.9. The Bertz CT molecular complexity index is 1200. The fourth-order valence-corrected chi connectivity index (χ4v) is 4.12. The van der Waals surface area contributed by atoms with Gasteiger partial charge in [-0.25, -0.2) is 0 Å². The van der Waals surface area contributed by atoms with Gasteiger partial charge in [0.05, 0.1) is 5.91 Å². The summed E-state index contributed by atoms with van der Waals surface area (Å²) in [5.74, 6) is -0.622. The number of nitrogens with one attached hydrogen (secondary N) is 1. The van der Waals surface area contributed by atoms with E-state index in [1.807, 2.05) is 13.0 Å². The minimum absolute atomic E-state index is 0.458. The van der Waals surface area contributed by atoms with Gasteiger partial charge in [0, 0.05) is 0 Å². The Labute approximate surface area is 227 Å². The molecule has 0 aliphatic rings. The molecule has 1 amide bonds. The number of halogens is 2. The van der Waals surface area contributed by atoms with Crippen LogP contribution in [0.3, 0.4) is 0 Å². The number of fused-ring (bicyclic) bond motifs is 1. The largest absolute Gasteiger partial charge is 0.168 e. The van der Waals surface area contributed by atoms with Gasteiger partial charge < -0.3 is 10.5 Å². The van der Waals surface area contributed by atoms with E-state index in [1.165, 1.54) is 21.1 Å². The van der Waals surface area contributed by atoms with Gasteiger partial charge in [-0.2, -0.15) is 17.5 Å². The first kappa shape index (κ1) is 28.7. The van der Waals surface area contributed by atoms with Crippen molar-refractivity contribution in [2.75, 3.05) is 0 Å². The van der Waals surface area contributed by atoms with Crippen molar-refractivity contribution in [2.24, 2.45) is 0 Å². The minimum Gasteiger partial charge on any atom is -0.168 e. The van der Waals surface area contributed by atoms with Crippen LogP contribution in [-0.4, -0.2) is 15.4 Å². The molecule has 1 N–H and O–H groups in total. The summed E-state index contributed by atoms with van der Waals surface area (Å²) in [5, 5.41) is 5.46. The van der Waals surface area contributed by atoms with Gasteiger partial charge in [-0.1, -0.05) is 107 Å². The van der Waals surface area contributed by atoms with Gasteiger partial charge in [-0.15, -0.1) is 29.7 Å². The van der Waals surface area contributed by atoms with E-state index in [-0.39, 0.29) is 0 Å². The number of hydrogen-bond acceptors (Lipinski definition) is 1. The summed E-state index contributed by atoms with van der Waals surface area (Å²) in [6.45, 7) is 1.90. The van der Waals surface area contributed by atoms with Crippen LogP contribution in [0, 0.1) is 6.92 Å². The molecule has 0 bridgehead atoms. The molecule has 0 spiro atoms. The van der Waals surface area contributed by atoms with Crippen LogP contribution in [0.4, 0.5) is 0 Å². The molecular weight excluding hydrogens is 525 g/mol. The van der Waals surface area contributed by atoms with Crippen LogP contribution in [0.5, 0.6) is 0 Å². The third-order valence-electron chi connectivity index (χ3n) is 4.66. The van der Waals surface area contributed by atoms with E-state index in [4.69, 9.17) is 24.3 Å². The molecule has 6 heteroatoms. The fraction of sp³-hybridized carbons (Fsp3) is 0.0345. The van der Waals surface area contributed by atoms with Gasteiger partial charge >= 0.3 is 35.6 Å². The molecule has 0 atom stereocenters. The Balaban J connectivity index is 0.000000178. The zero-order valence-corrected chi connectivity index (χ0v) is 23.4. The number of carbonyl (C=O) groups is 1.